The number of nitrogens with zero attached hydrogens (tertiary/aromatic N) is 1. The maximum atomic E-state index is 14.0. The molecule has 0 atom stereocenters. The second-order valence-electron chi connectivity index (χ2n) is 4.70. The van der Waals surface area contributed by atoms with Crippen molar-refractivity contribution in [1.82, 2.24) is 0 Å². The molecule has 1 fully saturated rings. The molecule has 1 aliphatic carbocycles. The molecule has 0 bridgehead atoms. The van der Waals surface area contributed by atoms with E-state index in [4.69, 9.17) is 5.26 Å². The minimum Gasteiger partial charge on any atom is -0.206 e. The number of benzene rings is 2. The van der Waals surface area contributed by atoms with E-state index in [-0.39, 0.29) is 5.82 Å². The van der Waals surface area contributed by atoms with Crippen molar-refractivity contribution in [2.45, 2.75) is 18.8 Å². The number of nitriles is 1. The van der Waals surface area contributed by atoms with Crippen LogP contribution >= 0.6 is 0 Å². The van der Waals surface area contributed by atoms with E-state index in [1.807, 2.05) is 12.1 Å². The van der Waals surface area contributed by atoms with Crippen LogP contribution in [0.15, 0.2) is 42.5 Å². The van der Waals surface area contributed by atoms with Crippen LogP contribution in [0.25, 0.3) is 11.1 Å². The second-order valence-corrected chi connectivity index (χ2v) is 4.70. The van der Waals surface area contributed by atoms with Gasteiger partial charge in [-0.25, -0.2) is 4.39 Å². The third-order valence-electron chi connectivity index (χ3n) is 3.37. The fourth-order valence-corrected chi connectivity index (χ4v) is 2.16. The summed E-state index contributed by atoms with van der Waals surface area (Å²) in [4.78, 5) is 0. The largest absolute Gasteiger partial charge is 0.206 e. The summed E-state index contributed by atoms with van der Waals surface area (Å²) in [5, 5.41) is 8.73. The molecule has 18 heavy (non-hydrogen) atoms. The summed E-state index contributed by atoms with van der Waals surface area (Å²) in [6, 6.07) is 14.5. The molecule has 0 spiro atoms. The zero-order valence-corrected chi connectivity index (χ0v) is 9.86. The molecule has 0 aromatic heterocycles. The molecule has 88 valence electrons. The molecule has 0 heterocycles. The lowest BCUT2D eigenvalue weighted by molar-refractivity contribution is 0.629. The van der Waals surface area contributed by atoms with Crippen molar-refractivity contribution < 1.29 is 4.39 Å². The molecule has 1 saturated carbocycles. The Labute approximate surface area is 106 Å². The molecule has 2 aromatic rings. The van der Waals surface area contributed by atoms with E-state index in [1.165, 1.54) is 12.8 Å². The lowest BCUT2D eigenvalue weighted by atomic mass is 10.0. The van der Waals surface area contributed by atoms with Crippen molar-refractivity contribution in [3.63, 3.8) is 0 Å². The van der Waals surface area contributed by atoms with Crippen LogP contribution in [0.5, 0.6) is 0 Å². The van der Waals surface area contributed by atoms with Gasteiger partial charge in [0, 0.05) is 5.56 Å². The fraction of sp³-hybridized carbons (Fsp3) is 0.188. The van der Waals surface area contributed by atoms with E-state index < -0.39 is 0 Å². The third-order valence-corrected chi connectivity index (χ3v) is 3.37. The standard InChI is InChI=1S/C16H12FN/c17-16-9-14(12-5-6-12)7-8-15(16)13-3-1-11(10-18)2-4-13/h1-4,7-9,12H,5-6H2. The molecule has 2 heteroatoms. The number of rotatable bonds is 2. The smallest absolute Gasteiger partial charge is 0.131 e. The molecular weight excluding hydrogens is 225 g/mol. The highest BCUT2D eigenvalue weighted by Gasteiger charge is 2.24. The Morgan fingerprint density at radius 1 is 1.06 bits per heavy atom. The lowest BCUT2D eigenvalue weighted by Crippen LogP contribution is -1.88. The summed E-state index contributed by atoms with van der Waals surface area (Å²) >= 11 is 0. The SMILES string of the molecule is N#Cc1ccc(-c2ccc(C3CC3)cc2F)cc1. The van der Waals surface area contributed by atoms with Gasteiger partial charge in [0.25, 0.3) is 0 Å². The van der Waals surface area contributed by atoms with Gasteiger partial charge in [-0.3, -0.25) is 0 Å². The summed E-state index contributed by atoms with van der Waals surface area (Å²) < 4.78 is 14.0. The highest BCUT2D eigenvalue weighted by atomic mass is 19.1. The summed E-state index contributed by atoms with van der Waals surface area (Å²) in [6.45, 7) is 0. The maximum Gasteiger partial charge on any atom is 0.131 e. The summed E-state index contributed by atoms with van der Waals surface area (Å²) in [6.07, 6.45) is 2.35. The molecule has 1 nitrogen and oxygen atoms in total. The second kappa shape index (κ2) is 4.27. The summed E-state index contributed by atoms with van der Waals surface area (Å²) in [5.74, 6) is 0.388. The van der Waals surface area contributed by atoms with Crippen molar-refractivity contribution in [1.29, 1.82) is 5.26 Å². The van der Waals surface area contributed by atoms with E-state index in [2.05, 4.69) is 6.07 Å². The molecule has 0 amide bonds. The van der Waals surface area contributed by atoms with Gasteiger partial charge in [-0.2, -0.15) is 5.26 Å². The van der Waals surface area contributed by atoms with Crippen LogP contribution in [0.1, 0.15) is 29.9 Å². The normalized spacial score (nSPS) is 14.2. The van der Waals surface area contributed by atoms with Crippen LogP contribution in [0.2, 0.25) is 0 Å². The van der Waals surface area contributed by atoms with Crippen LogP contribution in [0, 0.1) is 17.1 Å². The number of halogens is 1. The Hall–Kier alpha value is -2.14. The van der Waals surface area contributed by atoms with Crippen molar-refractivity contribution in [3.05, 3.63) is 59.4 Å². The zero-order chi connectivity index (χ0) is 12.5. The first-order valence-electron chi connectivity index (χ1n) is 6.08. The first-order chi connectivity index (χ1) is 8.78. The zero-order valence-electron chi connectivity index (χ0n) is 9.86. The lowest BCUT2D eigenvalue weighted by Gasteiger charge is -2.06. The van der Waals surface area contributed by atoms with Crippen LogP contribution in [-0.4, -0.2) is 0 Å². The van der Waals surface area contributed by atoms with Gasteiger partial charge >= 0.3 is 0 Å². The Morgan fingerprint density at radius 3 is 2.33 bits per heavy atom. The van der Waals surface area contributed by atoms with E-state index in [1.54, 1.807) is 30.3 Å². The monoisotopic (exact) mass is 237 g/mol. The van der Waals surface area contributed by atoms with Crippen molar-refractivity contribution in [3.8, 4) is 17.2 Å². The van der Waals surface area contributed by atoms with Gasteiger partial charge < -0.3 is 0 Å². The highest BCUT2D eigenvalue weighted by molar-refractivity contribution is 5.65. The van der Waals surface area contributed by atoms with Gasteiger partial charge in [-0.05, 0) is 48.1 Å². The van der Waals surface area contributed by atoms with Gasteiger partial charge in [-0.1, -0.05) is 24.3 Å². The first-order valence-corrected chi connectivity index (χ1v) is 6.08. The highest BCUT2D eigenvalue weighted by Crippen LogP contribution is 2.41. The third kappa shape index (κ3) is 2.00. The summed E-state index contributed by atoms with van der Waals surface area (Å²) in [5.41, 5.74) is 3.11. The Bertz CT molecular complexity index is 619. The molecule has 0 N–H and O–H groups in total. The maximum absolute atomic E-state index is 14.0. The van der Waals surface area contributed by atoms with E-state index in [0.29, 0.717) is 17.0 Å². The van der Waals surface area contributed by atoms with E-state index in [9.17, 15) is 4.39 Å². The van der Waals surface area contributed by atoms with Crippen molar-refractivity contribution in [2.24, 2.45) is 0 Å². The Morgan fingerprint density at radius 2 is 1.78 bits per heavy atom. The van der Waals surface area contributed by atoms with Gasteiger partial charge in [-0.15, -0.1) is 0 Å². The number of hydrogen-bond acceptors (Lipinski definition) is 1. The van der Waals surface area contributed by atoms with Gasteiger partial charge in [0.1, 0.15) is 5.82 Å². The summed E-state index contributed by atoms with van der Waals surface area (Å²) in [7, 11) is 0. The topological polar surface area (TPSA) is 23.8 Å². The quantitative estimate of drug-likeness (QED) is 0.766. The predicted molar refractivity (Wildman–Crippen MR) is 68.5 cm³/mol. The van der Waals surface area contributed by atoms with Crippen LogP contribution in [-0.2, 0) is 0 Å². The van der Waals surface area contributed by atoms with E-state index in [0.717, 1.165) is 11.1 Å². The van der Waals surface area contributed by atoms with Gasteiger partial charge in [0.15, 0.2) is 0 Å². The minimum absolute atomic E-state index is 0.177. The van der Waals surface area contributed by atoms with Gasteiger partial charge in [0.2, 0.25) is 0 Å². The molecule has 0 radical (unpaired) electrons. The molecule has 0 unspecified atom stereocenters. The molecule has 3 rings (SSSR count). The van der Waals surface area contributed by atoms with Crippen molar-refractivity contribution in [2.75, 3.05) is 0 Å². The fourth-order valence-electron chi connectivity index (χ4n) is 2.16. The van der Waals surface area contributed by atoms with Gasteiger partial charge in [0.05, 0.1) is 11.6 Å². The Kier molecular flexibility index (Phi) is 2.60. The molecule has 2 aromatic carbocycles. The average molecular weight is 237 g/mol. The Balaban J connectivity index is 1.97. The molecular formula is C16H12FN. The molecule has 0 aliphatic heterocycles. The predicted octanol–water partition coefficient (Wildman–Crippen LogP) is 4.24. The van der Waals surface area contributed by atoms with Crippen LogP contribution in [0.3, 0.4) is 0 Å². The van der Waals surface area contributed by atoms with E-state index >= 15 is 0 Å². The average Bonchev–Trinajstić information content (AvgIpc) is 3.23. The van der Waals surface area contributed by atoms with Crippen LogP contribution in [0.4, 0.5) is 4.39 Å². The first kappa shape index (κ1) is 11.0. The van der Waals surface area contributed by atoms with Crippen molar-refractivity contribution >= 4 is 0 Å². The molecule has 0 saturated heterocycles. The number of hydrogen-bond donors (Lipinski definition) is 0. The van der Waals surface area contributed by atoms with Crippen LogP contribution < -0.4 is 0 Å². The molecule has 1 aliphatic rings. The minimum atomic E-state index is -0.177.